The van der Waals surface area contributed by atoms with Crippen molar-refractivity contribution in [1.82, 2.24) is 9.88 Å². The summed E-state index contributed by atoms with van der Waals surface area (Å²) in [7, 11) is 3.71. The summed E-state index contributed by atoms with van der Waals surface area (Å²) in [6.07, 6.45) is 3.95. The molecule has 0 saturated heterocycles. The van der Waals surface area contributed by atoms with E-state index in [9.17, 15) is 0 Å². The van der Waals surface area contributed by atoms with Crippen molar-refractivity contribution in [3.63, 3.8) is 0 Å². The van der Waals surface area contributed by atoms with Crippen LogP contribution in [0.4, 0.5) is 0 Å². The van der Waals surface area contributed by atoms with Crippen LogP contribution >= 0.6 is 11.8 Å². The van der Waals surface area contributed by atoms with Crippen molar-refractivity contribution in [2.45, 2.75) is 6.04 Å². The number of ether oxygens (including phenoxy) is 1. The van der Waals surface area contributed by atoms with E-state index in [0.717, 1.165) is 17.9 Å². The molecule has 0 aliphatic rings. The smallest absolute Gasteiger partial charge is 0.212 e. The zero-order chi connectivity index (χ0) is 12.7. The van der Waals surface area contributed by atoms with Gasteiger partial charge in [-0.3, -0.25) is 4.90 Å². The maximum absolute atomic E-state index is 5.84. The summed E-state index contributed by atoms with van der Waals surface area (Å²) in [6, 6.07) is 4.12. The van der Waals surface area contributed by atoms with E-state index in [0.29, 0.717) is 12.4 Å². The van der Waals surface area contributed by atoms with Gasteiger partial charge in [-0.15, -0.1) is 0 Å². The van der Waals surface area contributed by atoms with E-state index < -0.39 is 0 Å². The molecule has 0 spiro atoms. The van der Waals surface area contributed by atoms with E-state index in [2.05, 4.69) is 23.2 Å². The Morgan fingerprint density at radius 3 is 2.76 bits per heavy atom. The molecule has 0 aliphatic carbocycles. The van der Waals surface area contributed by atoms with Crippen LogP contribution in [0.2, 0.25) is 0 Å². The van der Waals surface area contributed by atoms with Crippen molar-refractivity contribution in [3.05, 3.63) is 23.9 Å². The first-order valence-electron chi connectivity index (χ1n) is 5.62. The van der Waals surface area contributed by atoms with Crippen LogP contribution in [0.3, 0.4) is 0 Å². The number of rotatable bonds is 7. The van der Waals surface area contributed by atoms with Crippen LogP contribution in [0.5, 0.6) is 5.88 Å². The molecule has 0 saturated carbocycles. The third kappa shape index (κ3) is 4.18. The molecule has 0 bridgehead atoms. The Labute approximate surface area is 108 Å². The quantitative estimate of drug-likeness (QED) is 0.798. The first-order chi connectivity index (χ1) is 8.22. The summed E-state index contributed by atoms with van der Waals surface area (Å²) in [5.74, 6) is 1.74. The first-order valence-corrected chi connectivity index (χ1v) is 7.01. The van der Waals surface area contributed by atoms with E-state index in [1.807, 2.05) is 30.1 Å². The average molecular weight is 255 g/mol. The van der Waals surface area contributed by atoms with Crippen molar-refractivity contribution >= 4 is 11.8 Å². The van der Waals surface area contributed by atoms with Gasteiger partial charge in [0.15, 0.2) is 0 Å². The molecule has 2 N–H and O–H groups in total. The van der Waals surface area contributed by atoms with E-state index in [1.165, 1.54) is 0 Å². The molecule has 17 heavy (non-hydrogen) atoms. The Balaban J connectivity index is 2.70. The van der Waals surface area contributed by atoms with Crippen molar-refractivity contribution in [1.29, 1.82) is 0 Å². The van der Waals surface area contributed by atoms with Crippen molar-refractivity contribution in [2.24, 2.45) is 5.73 Å². The van der Waals surface area contributed by atoms with Gasteiger partial charge in [-0.2, -0.15) is 11.8 Å². The van der Waals surface area contributed by atoms with Crippen LogP contribution in [0.15, 0.2) is 18.3 Å². The molecule has 1 aromatic rings. The molecule has 1 atom stereocenters. The minimum atomic E-state index is 0.223. The third-order valence-electron chi connectivity index (χ3n) is 2.76. The Morgan fingerprint density at radius 2 is 2.29 bits per heavy atom. The molecule has 0 aliphatic heterocycles. The minimum absolute atomic E-state index is 0.223. The van der Waals surface area contributed by atoms with Crippen LogP contribution in [-0.2, 0) is 0 Å². The van der Waals surface area contributed by atoms with Gasteiger partial charge in [0.25, 0.3) is 0 Å². The predicted octanol–water partition coefficient (Wildman–Crippen LogP) is 1.38. The zero-order valence-corrected chi connectivity index (χ0v) is 11.5. The Bertz CT molecular complexity index is 318. The lowest BCUT2D eigenvalue weighted by Crippen LogP contribution is -2.32. The second-order valence-corrected chi connectivity index (χ2v) is 4.84. The van der Waals surface area contributed by atoms with Crippen LogP contribution in [-0.4, -0.2) is 49.1 Å². The standard InChI is InChI=1S/C12H21N3OS/c1-15(6-7-17-3)11(8-13)10-4-5-12(16-2)14-9-10/h4-5,9,11H,6-8,13H2,1-3H3. The highest BCUT2D eigenvalue weighted by atomic mass is 32.2. The van der Waals surface area contributed by atoms with Crippen molar-refractivity contribution in [2.75, 3.05) is 39.3 Å². The highest BCUT2D eigenvalue weighted by molar-refractivity contribution is 7.98. The first kappa shape index (κ1) is 14.3. The van der Waals surface area contributed by atoms with Crippen LogP contribution in [0.1, 0.15) is 11.6 Å². The second kappa shape index (κ2) is 7.53. The lowest BCUT2D eigenvalue weighted by molar-refractivity contribution is 0.265. The zero-order valence-electron chi connectivity index (χ0n) is 10.7. The summed E-state index contributed by atoms with van der Waals surface area (Å²) in [5, 5.41) is 0. The molecule has 1 unspecified atom stereocenters. The van der Waals surface area contributed by atoms with Crippen LogP contribution in [0, 0.1) is 0 Å². The lowest BCUT2D eigenvalue weighted by atomic mass is 10.1. The maximum Gasteiger partial charge on any atom is 0.212 e. The Kier molecular flexibility index (Phi) is 6.32. The second-order valence-electron chi connectivity index (χ2n) is 3.86. The number of likely N-dealkylation sites (N-methyl/N-ethyl adjacent to an activating group) is 1. The van der Waals surface area contributed by atoms with E-state index in [4.69, 9.17) is 10.5 Å². The predicted molar refractivity (Wildman–Crippen MR) is 73.6 cm³/mol. The molecule has 96 valence electrons. The van der Waals surface area contributed by atoms with E-state index in [-0.39, 0.29) is 6.04 Å². The largest absolute Gasteiger partial charge is 0.481 e. The number of hydrogen-bond acceptors (Lipinski definition) is 5. The average Bonchev–Trinajstić information content (AvgIpc) is 2.38. The van der Waals surface area contributed by atoms with Gasteiger partial charge in [0.2, 0.25) is 5.88 Å². The normalized spacial score (nSPS) is 12.8. The van der Waals surface area contributed by atoms with E-state index in [1.54, 1.807) is 7.11 Å². The van der Waals surface area contributed by atoms with Gasteiger partial charge in [0, 0.05) is 37.1 Å². The number of nitrogens with zero attached hydrogens (tertiary/aromatic N) is 2. The van der Waals surface area contributed by atoms with Gasteiger partial charge in [-0.25, -0.2) is 4.98 Å². The Morgan fingerprint density at radius 1 is 1.53 bits per heavy atom. The summed E-state index contributed by atoms with van der Waals surface area (Å²) in [4.78, 5) is 6.48. The minimum Gasteiger partial charge on any atom is -0.481 e. The SMILES string of the molecule is COc1ccc(C(CN)N(C)CCSC)cn1. The van der Waals surface area contributed by atoms with Crippen LogP contribution in [0.25, 0.3) is 0 Å². The number of aromatic nitrogens is 1. The van der Waals surface area contributed by atoms with Crippen molar-refractivity contribution < 1.29 is 4.74 Å². The molecule has 0 amide bonds. The van der Waals surface area contributed by atoms with E-state index >= 15 is 0 Å². The fourth-order valence-electron chi connectivity index (χ4n) is 1.67. The monoisotopic (exact) mass is 255 g/mol. The summed E-state index contributed by atoms with van der Waals surface area (Å²) < 4.78 is 5.05. The highest BCUT2D eigenvalue weighted by Gasteiger charge is 2.15. The van der Waals surface area contributed by atoms with Gasteiger partial charge in [0.1, 0.15) is 0 Å². The number of thioether (sulfide) groups is 1. The van der Waals surface area contributed by atoms with Gasteiger partial charge < -0.3 is 10.5 Å². The molecule has 4 nitrogen and oxygen atoms in total. The number of pyridine rings is 1. The molecule has 0 aromatic carbocycles. The number of nitrogens with two attached hydrogens (primary N) is 1. The molecule has 1 rings (SSSR count). The highest BCUT2D eigenvalue weighted by Crippen LogP contribution is 2.19. The molecule has 5 heteroatoms. The summed E-state index contributed by atoms with van der Waals surface area (Å²) in [5.41, 5.74) is 6.98. The van der Waals surface area contributed by atoms with Crippen LogP contribution < -0.4 is 10.5 Å². The molecule has 1 heterocycles. The lowest BCUT2D eigenvalue weighted by Gasteiger charge is -2.26. The molecular formula is C12H21N3OS. The summed E-state index contributed by atoms with van der Waals surface area (Å²) in [6.45, 7) is 1.62. The van der Waals surface area contributed by atoms with Crippen molar-refractivity contribution in [3.8, 4) is 5.88 Å². The summed E-state index contributed by atoms with van der Waals surface area (Å²) >= 11 is 1.84. The Hall–Kier alpha value is -0.780. The molecular weight excluding hydrogens is 234 g/mol. The third-order valence-corrected chi connectivity index (χ3v) is 3.35. The van der Waals surface area contributed by atoms with Gasteiger partial charge >= 0.3 is 0 Å². The number of hydrogen-bond donors (Lipinski definition) is 1. The number of methoxy groups -OCH3 is 1. The van der Waals surface area contributed by atoms with Gasteiger partial charge in [-0.05, 0) is 18.9 Å². The molecule has 0 fully saturated rings. The van der Waals surface area contributed by atoms with Gasteiger partial charge in [0.05, 0.1) is 7.11 Å². The topological polar surface area (TPSA) is 51.4 Å². The van der Waals surface area contributed by atoms with Gasteiger partial charge in [-0.1, -0.05) is 6.07 Å². The fourth-order valence-corrected chi connectivity index (χ4v) is 2.14. The molecule has 1 aromatic heterocycles. The fraction of sp³-hybridized carbons (Fsp3) is 0.583. The maximum atomic E-state index is 5.84. The molecule has 0 radical (unpaired) electrons.